The van der Waals surface area contributed by atoms with Crippen LogP contribution in [0.5, 0.6) is 5.75 Å². The summed E-state index contributed by atoms with van der Waals surface area (Å²) < 4.78 is 12.4. The molecule has 0 spiro atoms. The predicted molar refractivity (Wildman–Crippen MR) is 164 cm³/mol. The zero-order valence-corrected chi connectivity index (χ0v) is 24.6. The van der Waals surface area contributed by atoms with Crippen molar-refractivity contribution in [2.45, 2.75) is 39.2 Å². The topological polar surface area (TPSA) is 99.0 Å². The SMILES string of the molecule is C=CCSC1CC(=O)N1C(C(=S)OCc1ccc([N+](=O)[O-])cc1)=C(Oc1cccc2ccccc12)C(=O)C(C)(C)C. The Labute approximate surface area is 248 Å². The molecule has 1 atom stereocenters. The highest BCUT2D eigenvalue weighted by atomic mass is 32.2. The van der Waals surface area contributed by atoms with E-state index in [1.807, 2.05) is 36.4 Å². The van der Waals surface area contributed by atoms with Gasteiger partial charge in [-0.3, -0.25) is 24.6 Å². The fourth-order valence-corrected chi connectivity index (χ4v) is 5.38. The number of Topliss-reactive ketones (excluding diaryl/α,β-unsaturated/α-hetero) is 1. The van der Waals surface area contributed by atoms with E-state index < -0.39 is 10.3 Å². The van der Waals surface area contributed by atoms with Crippen molar-refractivity contribution in [2.75, 3.05) is 5.75 Å². The number of carbonyl (C=O) groups excluding carboxylic acids is 2. The third-order valence-corrected chi connectivity index (χ3v) is 7.83. The van der Waals surface area contributed by atoms with E-state index in [0.29, 0.717) is 17.1 Å². The highest BCUT2D eigenvalue weighted by molar-refractivity contribution is 8.00. The second-order valence-corrected chi connectivity index (χ2v) is 12.0. The van der Waals surface area contributed by atoms with Crippen molar-refractivity contribution in [3.05, 3.63) is 107 Å². The van der Waals surface area contributed by atoms with Gasteiger partial charge >= 0.3 is 0 Å². The number of likely N-dealkylation sites (tertiary alicyclic amines) is 1. The predicted octanol–water partition coefficient (Wildman–Crippen LogP) is 6.98. The first kappa shape index (κ1) is 30.0. The lowest BCUT2D eigenvalue weighted by Crippen LogP contribution is -2.53. The molecule has 212 valence electrons. The Morgan fingerprint density at radius 3 is 2.46 bits per heavy atom. The summed E-state index contributed by atoms with van der Waals surface area (Å²) in [5, 5.41) is 12.4. The number of allylic oxidation sites excluding steroid dienone is 1. The number of ketones is 1. The standard InChI is InChI=1S/C31H30N2O6S2/c1-5-17-41-26-18-25(34)32(26)27(30(40)38-19-20-13-15-22(16-14-20)33(36)37)28(29(35)31(2,3)4)39-24-12-8-10-21-9-6-7-11-23(21)24/h5-16,26H,1,17-19H2,2-4H3. The van der Waals surface area contributed by atoms with Gasteiger partial charge in [-0.05, 0) is 41.4 Å². The molecule has 1 fully saturated rings. The summed E-state index contributed by atoms with van der Waals surface area (Å²) in [6.07, 6.45) is 2.00. The molecule has 3 aromatic rings. The fraction of sp³-hybridized carbons (Fsp3) is 0.258. The van der Waals surface area contributed by atoms with Crippen molar-refractivity contribution in [2.24, 2.45) is 5.41 Å². The van der Waals surface area contributed by atoms with Gasteiger partial charge in [-0.15, -0.1) is 18.3 Å². The van der Waals surface area contributed by atoms with E-state index >= 15 is 0 Å². The zero-order valence-electron chi connectivity index (χ0n) is 23.0. The molecule has 4 rings (SSSR count). The number of benzene rings is 3. The number of hydrogen-bond donors (Lipinski definition) is 0. The summed E-state index contributed by atoms with van der Waals surface area (Å²) in [7, 11) is 0. The van der Waals surface area contributed by atoms with Crippen LogP contribution in [0.15, 0.2) is 90.8 Å². The van der Waals surface area contributed by atoms with Gasteiger partial charge in [0.15, 0.2) is 5.76 Å². The molecule has 0 radical (unpaired) electrons. The number of non-ortho nitro benzene ring substituents is 1. The van der Waals surface area contributed by atoms with Crippen molar-refractivity contribution < 1.29 is 24.0 Å². The second-order valence-electron chi connectivity index (χ2n) is 10.4. The van der Waals surface area contributed by atoms with E-state index in [1.54, 1.807) is 45.0 Å². The lowest BCUT2D eigenvalue weighted by molar-refractivity contribution is -0.384. The lowest BCUT2D eigenvalue weighted by atomic mass is 9.88. The van der Waals surface area contributed by atoms with Crippen molar-refractivity contribution in [3.63, 3.8) is 0 Å². The van der Waals surface area contributed by atoms with Crippen LogP contribution in [0.25, 0.3) is 10.8 Å². The molecule has 1 amide bonds. The summed E-state index contributed by atoms with van der Waals surface area (Å²) in [4.78, 5) is 39.1. The molecular formula is C31H30N2O6S2. The first-order valence-corrected chi connectivity index (χ1v) is 14.4. The minimum atomic E-state index is -0.878. The number of carbonyl (C=O) groups is 2. The van der Waals surface area contributed by atoms with E-state index in [0.717, 1.165) is 10.8 Å². The Morgan fingerprint density at radius 2 is 1.83 bits per heavy atom. The molecule has 0 bridgehead atoms. The number of rotatable bonds is 11. The fourth-order valence-electron chi connectivity index (χ4n) is 4.14. The molecule has 41 heavy (non-hydrogen) atoms. The number of amides is 1. The average molecular weight is 591 g/mol. The van der Waals surface area contributed by atoms with E-state index in [1.165, 1.54) is 28.8 Å². The van der Waals surface area contributed by atoms with Gasteiger partial charge in [-0.2, -0.15) is 0 Å². The monoisotopic (exact) mass is 590 g/mol. The molecule has 1 unspecified atom stereocenters. The van der Waals surface area contributed by atoms with Crippen LogP contribution in [0.3, 0.4) is 0 Å². The molecule has 0 aliphatic carbocycles. The molecule has 1 aliphatic rings. The van der Waals surface area contributed by atoms with Gasteiger partial charge < -0.3 is 9.47 Å². The first-order valence-electron chi connectivity index (χ1n) is 12.9. The Kier molecular flexibility index (Phi) is 9.25. The van der Waals surface area contributed by atoms with Crippen molar-refractivity contribution in [3.8, 4) is 5.75 Å². The zero-order chi connectivity index (χ0) is 29.7. The van der Waals surface area contributed by atoms with Crippen LogP contribution in [-0.2, 0) is 20.9 Å². The Balaban J connectivity index is 1.81. The van der Waals surface area contributed by atoms with E-state index in [-0.39, 0.29) is 52.3 Å². The van der Waals surface area contributed by atoms with E-state index in [9.17, 15) is 19.7 Å². The summed E-state index contributed by atoms with van der Waals surface area (Å²) in [5.74, 6) is 0.372. The number of nitro groups is 1. The van der Waals surface area contributed by atoms with Crippen molar-refractivity contribution in [1.29, 1.82) is 0 Å². The van der Waals surface area contributed by atoms with Crippen LogP contribution in [0.1, 0.15) is 32.8 Å². The van der Waals surface area contributed by atoms with E-state index in [4.69, 9.17) is 21.7 Å². The first-order chi connectivity index (χ1) is 19.5. The summed E-state index contributed by atoms with van der Waals surface area (Å²) in [5.41, 5.74) is -0.209. The van der Waals surface area contributed by atoms with Crippen LogP contribution in [0.4, 0.5) is 5.69 Å². The van der Waals surface area contributed by atoms with Gasteiger partial charge in [0.25, 0.3) is 5.69 Å². The quantitative estimate of drug-likeness (QED) is 0.0449. The molecule has 1 aliphatic heterocycles. The number of thiocarbonyl (C=S) groups is 1. The second kappa shape index (κ2) is 12.7. The maximum Gasteiger partial charge on any atom is 0.269 e. The highest BCUT2D eigenvalue weighted by Crippen LogP contribution is 2.38. The van der Waals surface area contributed by atoms with Gasteiger partial charge in [-0.25, -0.2) is 0 Å². The Morgan fingerprint density at radius 1 is 1.15 bits per heavy atom. The Bertz CT molecular complexity index is 1540. The van der Waals surface area contributed by atoms with Crippen LogP contribution in [0, 0.1) is 15.5 Å². The van der Waals surface area contributed by atoms with Gasteiger partial charge in [-0.1, -0.05) is 63.2 Å². The number of ether oxygens (including phenoxy) is 2. The third kappa shape index (κ3) is 6.83. The maximum atomic E-state index is 14.0. The van der Waals surface area contributed by atoms with Crippen molar-refractivity contribution >= 4 is 57.2 Å². The molecular weight excluding hydrogens is 560 g/mol. The minimum Gasteiger partial charge on any atom is -0.477 e. The van der Waals surface area contributed by atoms with Gasteiger partial charge in [0.2, 0.25) is 16.7 Å². The number of fused-ring (bicyclic) bond motifs is 1. The van der Waals surface area contributed by atoms with Gasteiger partial charge in [0.05, 0.1) is 16.7 Å². The molecule has 8 nitrogen and oxygen atoms in total. The molecule has 10 heteroatoms. The van der Waals surface area contributed by atoms with Crippen molar-refractivity contribution in [1.82, 2.24) is 4.90 Å². The van der Waals surface area contributed by atoms with Gasteiger partial charge in [0, 0.05) is 28.7 Å². The van der Waals surface area contributed by atoms with Gasteiger partial charge in [0.1, 0.15) is 18.1 Å². The molecule has 0 N–H and O–H groups in total. The number of hydrogen-bond acceptors (Lipinski definition) is 8. The number of thioether (sulfide) groups is 1. The summed E-state index contributed by atoms with van der Waals surface area (Å²) in [6.45, 7) is 9.04. The summed E-state index contributed by atoms with van der Waals surface area (Å²) in [6, 6.07) is 19.0. The number of nitro benzene ring substituents is 1. The summed E-state index contributed by atoms with van der Waals surface area (Å²) >= 11 is 7.22. The normalized spacial score (nSPS) is 15.5. The highest BCUT2D eigenvalue weighted by Gasteiger charge is 2.44. The molecule has 0 saturated carbocycles. The average Bonchev–Trinajstić information content (AvgIpc) is 2.95. The molecule has 1 heterocycles. The number of β-lactam (4-membered cyclic amide) rings is 1. The van der Waals surface area contributed by atoms with Crippen LogP contribution in [-0.4, -0.2) is 37.7 Å². The Hall–Kier alpha value is -4.02. The smallest absolute Gasteiger partial charge is 0.269 e. The minimum absolute atomic E-state index is 0.0297. The van der Waals surface area contributed by atoms with Crippen LogP contribution in [0.2, 0.25) is 0 Å². The molecule has 3 aromatic carbocycles. The molecule has 1 saturated heterocycles. The third-order valence-electron chi connectivity index (χ3n) is 6.33. The molecule has 0 aromatic heterocycles. The lowest BCUT2D eigenvalue weighted by Gasteiger charge is -2.41. The van der Waals surface area contributed by atoms with Crippen LogP contribution < -0.4 is 4.74 Å². The largest absolute Gasteiger partial charge is 0.477 e. The maximum absolute atomic E-state index is 14.0. The number of nitrogens with zero attached hydrogens (tertiary/aromatic N) is 2. The van der Waals surface area contributed by atoms with Crippen LogP contribution >= 0.6 is 24.0 Å². The van der Waals surface area contributed by atoms with E-state index in [2.05, 4.69) is 6.58 Å².